The van der Waals surface area contributed by atoms with Crippen molar-refractivity contribution in [1.29, 1.82) is 0 Å². The first-order valence-electron chi connectivity index (χ1n) is 12.6. The molecule has 0 aliphatic carbocycles. The molecule has 0 bridgehead atoms. The molecule has 1 unspecified atom stereocenters. The van der Waals surface area contributed by atoms with Crippen LogP contribution < -0.4 is 15.7 Å². The number of nitrogens with one attached hydrogen (secondary N) is 1. The van der Waals surface area contributed by atoms with Crippen molar-refractivity contribution in [3.63, 3.8) is 0 Å². The van der Waals surface area contributed by atoms with E-state index in [1.807, 2.05) is 0 Å². The average Bonchev–Trinajstić information content (AvgIpc) is 2.91. The summed E-state index contributed by atoms with van der Waals surface area (Å²) in [5.74, 6) is -2.07. The molecule has 0 fully saturated rings. The number of hydrogen-bond donors (Lipinski definition) is 1. The zero-order valence-electron chi connectivity index (χ0n) is 22.4. The number of benzene rings is 2. The van der Waals surface area contributed by atoms with Crippen molar-refractivity contribution < 1.29 is 33.1 Å². The highest BCUT2D eigenvalue weighted by Gasteiger charge is 2.39. The third-order valence-corrected chi connectivity index (χ3v) is 6.36. The lowest BCUT2D eigenvalue weighted by Gasteiger charge is -2.31. The fraction of sp³-hybridized carbons (Fsp3) is 0.276. The first-order valence-corrected chi connectivity index (χ1v) is 12.6. The average molecular weight is 549 g/mol. The van der Waals surface area contributed by atoms with Gasteiger partial charge in [0.05, 0.1) is 40.9 Å². The van der Waals surface area contributed by atoms with Crippen LogP contribution in [0.1, 0.15) is 37.8 Å². The number of nitrogens with zero attached hydrogens (tertiary/aromatic N) is 1. The lowest BCUT2D eigenvalue weighted by Crippen LogP contribution is -2.35. The molecule has 2 heterocycles. The zero-order valence-corrected chi connectivity index (χ0v) is 22.4. The molecule has 1 N–H and O–H groups in total. The van der Waals surface area contributed by atoms with Crippen molar-refractivity contribution in [3.8, 4) is 5.75 Å². The molecule has 3 aromatic rings. The minimum atomic E-state index is -1.03. The number of aryl methyl sites for hydroxylation is 1. The minimum absolute atomic E-state index is 0.0542. The third-order valence-electron chi connectivity index (χ3n) is 6.36. The normalized spacial score (nSPS) is 15.1. The van der Waals surface area contributed by atoms with Gasteiger partial charge in [-0.15, -0.1) is 0 Å². The molecular weight excluding hydrogens is 520 g/mol. The minimum Gasteiger partial charge on any atom is -0.487 e. The molecule has 1 atom stereocenters. The Hall–Kier alpha value is -4.93. The molecule has 1 aliphatic heterocycles. The SMILES string of the molecule is CCOC(=O)C1=C(C)NC(COc2ccc3c(C)cc(=O)oc3c2)=C(C(=O)OCC)C1c1cccc([N+](=O)[O-])c1. The van der Waals surface area contributed by atoms with Gasteiger partial charge in [0.15, 0.2) is 0 Å². The highest BCUT2D eigenvalue weighted by atomic mass is 16.6. The van der Waals surface area contributed by atoms with E-state index in [1.54, 1.807) is 52.0 Å². The predicted molar refractivity (Wildman–Crippen MR) is 145 cm³/mol. The summed E-state index contributed by atoms with van der Waals surface area (Å²) in [6, 6.07) is 12.1. The Kier molecular flexibility index (Phi) is 8.32. The molecule has 4 rings (SSSR count). The summed E-state index contributed by atoms with van der Waals surface area (Å²) < 4.78 is 21.9. The smallest absolute Gasteiger partial charge is 0.336 e. The Morgan fingerprint density at radius 2 is 1.70 bits per heavy atom. The maximum Gasteiger partial charge on any atom is 0.336 e. The second-order valence-electron chi connectivity index (χ2n) is 8.98. The first-order chi connectivity index (χ1) is 19.1. The molecule has 1 aliphatic rings. The maximum absolute atomic E-state index is 13.4. The summed E-state index contributed by atoms with van der Waals surface area (Å²) in [4.78, 5) is 49.3. The number of ether oxygens (including phenoxy) is 3. The van der Waals surface area contributed by atoms with Gasteiger partial charge in [-0.3, -0.25) is 10.1 Å². The maximum atomic E-state index is 13.4. The van der Waals surface area contributed by atoms with Gasteiger partial charge in [0.1, 0.15) is 17.9 Å². The number of allylic oxidation sites excluding steroid dienone is 1. The van der Waals surface area contributed by atoms with Crippen LogP contribution in [0.5, 0.6) is 5.75 Å². The van der Waals surface area contributed by atoms with Crippen LogP contribution in [0.3, 0.4) is 0 Å². The third kappa shape index (κ3) is 5.73. The molecule has 11 heteroatoms. The molecule has 0 saturated carbocycles. The van der Waals surface area contributed by atoms with Gasteiger partial charge in [-0.25, -0.2) is 14.4 Å². The van der Waals surface area contributed by atoms with Crippen molar-refractivity contribution in [3.05, 3.63) is 103 Å². The Morgan fingerprint density at radius 1 is 1.00 bits per heavy atom. The quantitative estimate of drug-likeness (QED) is 0.176. The van der Waals surface area contributed by atoms with Gasteiger partial charge in [0.25, 0.3) is 5.69 Å². The van der Waals surface area contributed by atoms with Gasteiger partial charge >= 0.3 is 17.6 Å². The molecule has 2 aromatic carbocycles. The standard InChI is InChI=1S/C29H28N2O9/c1-5-37-28(33)25-17(4)30-22(15-39-20-10-11-21-16(3)12-24(32)40-23(21)14-20)27(29(34)38-6-2)26(25)18-8-7-9-19(13-18)31(35)36/h7-14,26,30H,5-6,15H2,1-4H3. The van der Waals surface area contributed by atoms with Crippen LogP contribution in [-0.4, -0.2) is 36.7 Å². The number of fused-ring (bicyclic) bond motifs is 1. The van der Waals surface area contributed by atoms with Crippen LogP contribution in [-0.2, 0) is 19.1 Å². The molecule has 40 heavy (non-hydrogen) atoms. The molecule has 0 spiro atoms. The summed E-state index contributed by atoms with van der Waals surface area (Å²) in [6.45, 7) is 6.72. The van der Waals surface area contributed by atoms with E-state index in [0.717, 1.165) is 10.9 Å². The van der Waals surface area contributed by atoms with Gasteiger partial charge < -0.3 is 23.9 Å². The fourth-order valence-corrected chi connectivity index (χ4v) is 4.64. The molecule has 0 saturated heterocycles. The summed E-state index contributed by atoms with van der Waals surface area (Å²) in [6.07, 6.45) is 0. The van der Waals surface area contributed by atoms with Crippen LogP contribution in [0.4, 0.5) is 5.69 Å². The van der Waals surface area contributed by atoms with Crippen molar-refractivity contribution in [1.82, 2.24) is 5.32 Å². The Bertz CT molecular complexity index is 1620. The number of nitro groups is 1. The number of esters is 2. The largest absolute Gasteiger partial charge is 0.487 e. The van der Waals surface area contributed by atoms with E-state index >= 15 is 0 Å². The molecule has 11 nitrogen and oxygen atoms in total. The fourth-order valence-electron chi connectivity index (χ4n) is 4.64. The van der Waals surface area contributed by atoms with E-state index in [4.69, 9.17) is 18.6 Å². The van der Waals surface area contributed by atoms with E-state index in [-0.39, 0.29) is 36.7 Å². The van der Waals surface area contributed by atoms with Crippen LogP contribution in [0.25, 0.3) is 11.0 Å². The summed E-state index contributed by atoms with van der Waals surface area (Å²) in [7, 11) is 0. The van der Waals surface area contributed by atoms with Gasteiger partial charge in [0, 0.05) is 35.3 Å². The zero-order chi connectivity index (χ0) is 29.0. The van der Waals surface area contributed by atoms with Crippen molar-refractivity contribution in [2.45, 2.75) is 33.6 Å². The number of dihydropyridines is 1. The van der Waals surface area contributed by atoms with Gasteiger partial charge in [-0.2, -0.15) is 0 Å². The van der Waals surface area contributed by atoms with Crippen LogP contribution in [0, 0.1) is 17.0 Å². The first kappa shape index (κ1) is 28.1. The number of nitro benzene ring substituents is 1. The molecule has 0 radical (unpaired) electrons. The van der Waals surface area contributed by atoms with E-state index in [1.165, 1.54) is 24.3 Å². The van der Waals surface area contributed by atoms with Crippen molar-refractivity contribution in [2.24, 2.45) is 0 Å². The monoisotopic (exact) mass is 548 g/mol. The van der Waals surface area contributed by atoms with Crippen LogP contribution in [0.2, 0.25) is 0 Å². The van der Waals surface area contributed by atoms with E-state index < -0.39 is 28.4 Å². The van der Waals surface area contributed by atoms with Crippen LogP contribution in [0.15, 0.2) is 80.3 Å². The predicted octanol–water partition coefficient (Wildman–Crippen LogP) is 4.43. The van der Waals surface area contributed by atoms with E-state index in [2.05, 4.69) is 5.32 Å². The van der Waals surface area contributed by atoms with Gasteiger partial charge in [-0.1, -0.05) is 12.1 Å². The van der Waals surface area contributed by atoms with E-state index in [9.17, 15) is 24.5 Å². The lowest BCUT2D eigenvalue weighted by atomic mass is 9.80. The number of rotatable bonds is 9. The number of hydrogen-bond acceptors (Lipinski definition) is 10. The number of carbonyl (C=O) groups excluding carboxylic acids is 2. The summed E-state index contributed by atoms with van der Waals surface area (Å²) in [5.41, 5.74) is 1.60. The molecule has 208 valence electrons. The molecule has 1 aromatic heterocycles. The lowest BCUT2D eigenvalue weighted by molar-refractivity contribution is -0.384. The highest BCUT2D eigenvalue weighted by Crippen LogP contribution is 2.40. The Balaban J connectivity index is 1.82. The van der Waals surface area contributed by atoms with E-state index in [0.29, 0.717) is 28.3 Å². The number of non-ortho nitro benzene ring substituents is 1. The second kappa shape index (κ2) is 11.9. The molecule has 0 amide bonds. The second-order valence-corrected chi connectivity index (χ2v) is 8.98. The van der Waals surface area contributed by atoms with Crippen molar-refractivity contribution in [2.75, 3.05) is 19.8 Å². The molecular formula is C29H28N2O9. The Morgan fingerprint density at radius 3 is 2.38 bits per heavy atom. The summed E-state index contributed by atoms with van der Waals surface area (Å²) in [5, 5.41) is 15.4. The number of carbonyl (C=O) groups is 2. The van der Waals surface area contributed by atoms with Gasteiger partial charge in [-0.05, 0) is 51.0 Å². The topological polar surface area (TPSA) is 147 Å². The highest BCUT2D eigenvalue weighted by molar-refractivity contribution is 6.00. The van der Waals surface area contributed by atoms with Crippen LogP contribution >= 0.6 is 0 Å². The van der Waals surface area contributed by atoms with Crippen molar-refractivity contribution >= 4 is 28.6 Å². The van der Waals surface area contributed by atoms with Gasteiger partial charge in [0.2, 0.25) is 0 Å². The summed E-state index contributed by atoms with van der Waals surface area (Å²) >= 11 is 0. The Labute approximate surface area is 229 Å².